The molecule has 1 amide bonds. The largest absolute Gasteiger partial charge is 0.378 e. The fraction of sp³-hybridized carbons (Fsp3) is 0.846. The van der Waals surface area contributed by atoms with Crippen LogP contribution in [0.2, 0.25) is 0 Å². The highest BCUT2D eigenvalue weighted by Crippen LogP contribution is 2.30. The Morgan fingerprint density at radius 2 is 1.81 bits per heavy atom. The monoisotopic (exact) mass is 224 g/mol. The van der Waals surface area contributed by atoms with Gasteiger partial charge in [0.05, 0.1) is 13.2 Å². The number of ether oxygens (including phenoxy) is 1. The van der Waals surface area contributed by atoms with Crippen molar-refractivity contribution in [3.8, 4) is 0 Å². The summed E-state index contributed by atoms with van der Waals surface area (Å²) in [6, 6.07) is 0. The van der Waals surface area contributed by atoms with Crippen LogP contribution in [0.5, 0.6) is 0 Å². The van der Waals surface area contributed by atoms with Crippen molar-refractivity contribution in [3.63, 3.8) is 0 Å². The minimum atomic E-state index is -0.0293. The molecule has 1 heterocycles. The van der Waals surface area contributed by atoms with E-state index in [-0.39, 0.29) is 11.8 Å². The molecule has 0 spiro atoms. The maximum absolute atomic E-state index is 12.2. The molecule has 0 N–H and O–H groups in total. The average Bonchev–Trinajstić information content (AvgIpc) is 2.39. The summed E-state index contributed by atoms with van der Waals surface area (Å²) in [4.78, 5) is 14.1. The molecule has 1 aliphatic carbocycles. The van der Waals surface area contributed by atoms with Crippen molar-refractivity contribution >= 4 is 5.91 Å². The lowest BCUT2D eigenvalue weighted by Gasteiger charge is -2.33. The number of hydrogen-bond donors (Lipinski definition) is 0. The predicted octanol–water partition coefficient (Wildman–Crippen LogP) is 1.88. The Labute approximate surface area is 98.1 Å². The summed E-state index contributed by atoms with van der Waals surface area (Å²) in [7, 11) is 0. The molecule has 1 atom stereocenters. The Morgan fingerprint density at radius 3 is 2.44 bits per heavy atom. The van der Waals surface area contributed by atoms with Gasteiger partial charge in [-0.3, -0.25) is 4.79 Å². The minimum absolute atomic E-state index is 0.0293. The molecule has 2 rings (SSSR count). The highest BCUT2D eigenvalue weighted by molar-refractivity contribution is 5.79. The van der Waals surface area contributed by atoms with Crippen LogP contribution in [0.25, 0.3) is 0 Å². The zero-order chi connectivity index (χ0) is 11.4. The van der Waals surface area contributed by atoms with Crippen LogP contribution in [0.4, 0.5) is 0 Å². The molecule has 1 saturated heterocycles. The van der Waals surface area contributed by atoms with Gasteiger partial charge in [-0.15, -0.1) is 0 Å². The van der Waals surface area contributed by atoms with Gasteiger partial charge in [-0.05, 0) is 25.7 Å². The van der Waals surface area contributed by atoms with Gasteiger partial charge in [0.1, 0.15) is 0 Å². The fourth-order valence-corrected chi connectivity index (χ4v) is 2.76. The smallest absolute Gasteiger partial charge is 0.226 e. The lowest BCUT2D eigenvalue weighted by molar-refractivity contribution is -0.140. The molecule has 0 unspecified atom stereocenters. The maximum Gasteiger partial charge on any atom is 0.226 e. The number of carbonyl (C=O) groups is 1. The summed E-state index contributed by atoms with van der Waals surface area (Å²) in [5, 5.41) is 0. The van der Waals surface area contributed by atoms with Crippen molar-refractivity contribution in [1.29, 1.82) is 0 Å². The summed E-state index contributed by atoms with van der Waals surface area (Å²) in [6.07, 6.45) is 6.24. The van der Waals surface area contributed by atoms with E-state index in [9.17, 15) is 4.79 Å². The van der Waals surface area contributed by atoms with Crippen LogP contribution in [-0.2, 0) is 9.53 Å². The lowest BCUT2D eigenvalue weighted by Crippen LogP contribution is -2.45. The number of hydrogen-bond acceptors (Lipinski definition) is 2. The van der Waals surface area contributed by atoms with E-state index in [2.05, 4.69) is 6.92 Å². The van der Waals surface area contributed by atoms with Crippen molar-refractivity contribution in [2.24, 2.45) is 11.8 Å². The predicted molar refractivity (Wildman–Crippen MR) is 62.8 cm³/mol. The van der Waals surface area contributed by atoms with E-state index in [1.54, 1.807) is 0 Å². The van der Waals surface area contributed by atoms with E-state index >= 15 is 0 Å². The van der Waals surface area contributed by atoms with Gasteiger partial charge in [0.25, 0.3) is 0 Å². The van der Waals surface area contributed by atoms with Crippen molar-refractivity contribution < 1.29 is 9.53 Å². The molecule has 1 radical (unpaired) electrons. The Kier molecular flexibility index (Phi) is 4.22. The van der Waals surface area contributed by atoms with E-state index in [0.29, 0.717) is 19.1 Å². The topological polar surface area (TPSA) is 29.5 Å². The van der Waals surface area contributed by atoms with Crippen molar-refractivity contribution in [1.82, 2.24) is 4.90 Å². The first-order chi connectivity index (χ1) is 7.79. The summed E-state index contributed by atoms with van der Waals surface area (Å²) in [6.45, 7) is 6.97. The molecule has 91 valence electrons. The van der Waals surface area contributed by atoms with E-state index in [1.807, 2.05) is 4.90 Å². The van der Waals surface area contributed by atoms with Gasteiger partial charge in [-0.2, -0.15) is 0 Å². The molecule has 0 bridgehead atoms. The van der Waals surface area contributed by atoms with Gasteiger partial charge in [-0.25, -0.2) is 0 Å². The molecule has 0 aromatic carbocycles. The average molecular weight is 224 g/mol. The summed E-state index contributed by atoms with van der Waals surface area (Å²) in [5.41, 5.74) is 0. The molecular weight excluding hydrogens is 202 g/mol. The Bertz CT molecular complexity index is 230. The van der Waals surface area contributed by atoms with Crippen LogP contribution in [0.1, 0.15) is 32.1 Å². The second kappa shape index (κ2) is 5.67. The van der Waals surface area contributed by atoms with E-state index in [0.717, 1.165) is 13.1 Å². The number of amides is 1. The second-order valence-corrected chi connectivity index (χ2v) is 4.94. The molecule has 1 saturated carbocycles. The van der Waals surface area contributed by atoms with Gasteiger partial charge >= 0.3 is 0 Å². The molecule has 2 aliphatic rings. The van der Waals surface area contributed by atoms with Gasteiger partial charge in [0.15, 0.2) is 0 Å². The summed E-state index contributed by atoms with van der Waals surface area (Å²) in [5.74, 6) is 0.734. The maximum atomic E-state index is 12.2. The number of rotatable bonds is 2. The number of morpholine rings is 1. The van der Waals surface area contributed by atoms with Crippen LogP contribution < -0.4 is 0 Å². The van der Waals surface area contributed by atoms with Crippen molar-refractivity contribution in [2.75, 3.05) is 26.3 Å². The van der Waals surface area contributed by atoms with E-state index < -0.39 is 0 Å². The molecule has 2 fully saturated rings. The van der Waals surface area contributed by atoms with Gasteiger partial charge in [-0.1, -0.05) is 19.3 Å². The zero-order valence-corrected chi connectivity index (χ0v) is 9.99. The van der Waals surface area contributed by atoms with Gasteiger partial charge < -0.3 is 9.64 Å². The summed E-state index contributed by atoms with van der Waals surface area (Å²) < 4.78 is 5.26. The number of nitrogens with zero attached hydrogens (tertiary/aromatic N) is 1. The van der Waals surface area contributed by atoms with E-state index in [4.69, 9.17) is 4.74 Å². The Hall–Kier alpha value is -0.570. The standard InChI is InChI=1S/C13H22NO2/c1-11(12-5-3-2-4-6-12)13(15)14-7-9-16-10-8-14/h11-12H,1-10H2/t11-/m0/s1. The minimum Gasteiger partial charge on any atom is -0.378 e. The first-order valence-corrected chi connectivity index (χ1v) is 6.48. The van der Waals surface area contributed by atoms with E-state index in [1.165, 1.54) is 32.1 Å². The van der Waals surface area contributed by atoms with Crippen molar-refractivity contribution in [2.45, 2.75) is 32.1 Å². The van der Waals surface area contributed by atoms with Crippen LogP contribution >= 0.6 is 0 Å². The molecular formula is C13H22NO2. The summed E-state index contributed by atoms with van der Waals surface area (Å²) >= 11 is 0. The van der Waals surface area contributed by atoms with Crippen molar-refractivity contribution in [3.05, 3.63) is 6.92 Å². The van der Waals surface area contributed by atoms with Crippen LogP contribution in [-0.4, -0.2) is 37.1 Å². The molecule has 1 aliphatic heterocycles. The first kappa shape index (κ1) is 11.9. The third-order valence-electron chi connectivity index (χ3n) is 3.86. The molecule has 3 heteroatoms. The Morgan fingerprint density at radius 1 is 1.19 bits per heavy atom. The molecule has 0 aromatic rings. The second-order valence-electron chi connectivity index (χ2n) is 4.94. The number of carbonyl (C=O) groups excluding carboxylic acids is 1. The third-order valence-corrected chi connectivity index (χ3v) is 3.86. The van der Waals surface area contributed by atoms with Gasteiger partial charge in [0.2, 0.25) is 5.91 Å². The zero-order valence-electron chi connectivity index (χ0n) is 9.99. The quantitative estimate of drug-likeness (QED) is 0.716. The SMILES string of the molecule is [CH2][C@H](C(=O)N1CCOCC1)C1CCCCC1. The highest BCUT2D eigenvalue weighted by atomic mass is 16.5. The first-order valence-electron chi connectivity index (χ1n) is 6.48. The molecule has 3 nitrogen and oxygen atoms in total. The lowest BCUT2D eigenvalue weighted by atomic mass is 9.80. The van der Waals surface area contributed by atoms with Gasteiger partial charge in [0, 0.05) is 19.0 Å². The molecule has 16 heavy (non-hydrogen) atoms. The van der Waals surface area contributed by atoms with Crippen LogP contribution in [0.15, 0.2) is 0 Å². The Balaban J connectivity index is 1.86. The normalized spacial score (nSPS) is 25.4. The molecule has 0 aromatic heterocycles. The van der Waals surface area contributed by atoms with Crippen LogP contribution in [0.3, 0.4) is 0 Å². The van der Waals surface area contributed by atoms with Crippen LogP contribution in [0, 0.1) is 18.8 Å². The highest BCUT2D eigenvalue weighted by Gasteiger charge is 2.29. The fourth-order valence-electron chi connectivity index (χ4n) is 2.76. The third kappa shape index (κ3) is 2.76.